The molecule has 0 aliphatic rings. The van der Waals surface area contributed by atoms with Crippen LogP contribution in [0.1, 0.15) is 12.5 Å². The summed E-state index contributed by atoms with van der Waals surface area (Å²) in [6.45, 7) is 2.40. The van der Waals surface area contributed by atoms with Crippen LogP contribution in [-0.2, 0) is 0 Å². The van der Waals surface area contributed by atoms with Crippen LogP contribution in [0, 0.1) is 0 Å². The van der Waals surface area contributed by atoms with Crippen molar-refractivity contribution in [2.75, 3.05) is 6.61 Å². The normalized spacial score (nSPS) is 11.4. The van der Waals surface area contributed by atoms with Gasteiger partial charge in [0.15, 0.2) is 5.84 Å². The number of oxime groups is 1. The first-order valence-electron chi connectivity index (χ1n) is 4.08. The van der Waals surface area contributed by atoms with Gasteiger partial charge >= 0.3 is 0 Å². The molecule has 0 aliphatic heterocycles. The molecule has 0 atom stereocenters. The maximum absolute atomic E-state index is 8.48. The van der Waals surface area contributed by atoms with E-state index in [1.165, 1.54) is 0 Å². The average molecular weight is 215 g/mol. The van der Waals surface area contributed by atoms with Crippen LogP contribution in [-0.4, -0.2) is 17.6 Å². The van der Waals surface area contributed by atoms with Crippen molar-refractivity contribution in [2.24, 2.45) is 10.9 Å². The van der Waals surface area contributed by atoms with Gasteiger partial charge in [-0.2, -0.15) is 0 Å². The number of amidine groups is 1. The molecule has 1 aromatic rings. The van der Waals surface area contributed by atoms with Gasteiger partial charge in [0.2, 0.25) is 0 Å². The van der Waals surface area contributed by atoms with E-state index in [4.69, 9.17) is 27.3 Å². The van der Waals surface area contributed by atoms with Gasteiger partial charge in [0.25, 0.3) is 0 Å². The lowest BCUT2D eigenvalue weighted by atomic mass is 10.2. The first-order chi connectivity index (χ1) is 6.67. The molecule has 3 N–H and O–H groups in total. The van der Waals surface area contributed by atoms with Crippen molar-refractivity contribution in [2.45, 2.75) is 6.92 Å². The van der Waals surface area contributed by atoms with E-state index in [0.717, 1.165) is 0 Å². The Kier molecular flexibility index (Phi) is 3.59. The first kappa shape index (κ1) is 10.7. The molecule has 1 rings (SSSR count). The molecule has 0 radical (unpaired) electrons. The summed E-state index contributed by atoms with van der Waals surface area (Å²) in [7, 11) is 0. The Labute approximate surface area is 86.9 Å². The molecule has 76 valence electrons. The molecular weight excluding hydrogens is 204 g/mol. The van der Waals surface area contributed by atoms with Gasteiger partial charge in [0.1, 0.15) is 5.75 Å². The maximum Gasteiger partial charge on any atom is 0.170 e. The minimum Gasteiger partial charge on any atom is -0.494 e. The van der Waals surface area contributed by atoms with Crippen molar-refractivity contribution in [1.82, 2.24) is 0 Å². The van der Waals surface area contributed by atoms with Gasteiger partial charge in [-0.05, 0) is 25.1 Å². The molecule has 0 amide bonds. The Morgan fingerprint density at radius 2 is 2.29 bits per heavy atom. The third-order valence-electron chi connectivity index (χ3n) is 1.59. The summed E-state index contributed by atoms with van der Waals surface area (Å²) < 4.78 is 5.25. The van der Waals surface area contributed by atoms with Crippen LogP contribution in [0.2, 0.25) is 5.02 Å². The Morgan fingerprint density at radius 1 is 1.57 bits per heavy atom. The molecular formula is C9H11ClN2O2. The zero-order valence-corrected chi connectivity index (χ0v) is 8.45. The number of rotatable bonds is 3. The molecule has 14 heavy (non-hydrogen) atoms. The second-order valence-corrected chi connectivity index (χ2v) is 3.03. The highest BCUT2D eigenvalue weighted by Gasteiger charge is 2.03. The number of halogens is 1. The number of nitrogens with zero attached hydrogens (tertiary/aromatic N) is 1. The van der Waals surface area contributed by atoms with Crippen LogP contribution in [0.25, 0.3) is 0 Å². The second-order valence-electron chi connectivity index (χ2n) is 2.59. The monoisotopic (exact) mass is 214 g/mol. The van der Waals surface area contributed by atoms with Crippen molar-refractivity contribution >= 4 is 17.4 Å². The van der Waals surface area contributed by atoms with Gasteiger partial charge in [-0.3, -0.25) is 0 Å². The Hall–Kier alpha value is -1.42. The van der Waals surface area contributed by atoms with Crippen molar-refractivity contribution in [1.29, 1.82) is 0 Å². The van der Waals surface area contributed by atoms with Crippen LogP contribution in [0.15, 0.2) is 23.4 Å². The Balaban J connectivity index is 3.07. The first-order valence-corrected chi connectivity index (χ1v) is 4.46. The van der Waals surface area contributed by atoms with Crippen LogP contribution in [0.4, 0.5) is 0 Å². The maximum atomic E-state index is 8.48. The SMILES string of the molecule is CCOc1cc(Cl)cc(/C(N)=N/O)c1. The van der Waals surface area contributed by atoms with Crippen LogP contribution in [0.3, 0.4) is 0 Å². The third-order valence-corrected chi connectivity index (χ3v) is 1.80. The number of hydrogen-bond acceptors (Lipinski definition) is 3. The largest absolute Gasteiger partial charge is 0.494 e. The van der Waals surface area contributed by atoms with Gasteiger partial charge in [0, 0.05) is 10.6 Å². The fraction of sp³-hybridized carbons (Fsp3) is 0.222. The summed E-state index contributed by atoms with van der Waals surface area (Å²) in [6.07, 6.45) is 0. The lowest BCUT2D eigenvalue weighted by molar-refractivity contribution is 0.318. The molecule has 0 saturated heterocycles. The quantitative estimate of drug-likeness (QED) is 0.349. The number of benzene rings is 1. The van der Waals surface area contributed by atoms with Gasteiger partial charge in [-0.25, -0.2) is 0 Å². The van der Waals surface area contributed by atoms with Crippen LogP contribution >= 0.6 is 11.6 Å². The molecule has 0 unspecified atom stereocenters. The molecule has 0 heterocycles. The minimum atomic E-state index is 0.00783. The van der Waals surface area contributed by atoms with Gasteiger partial charge < -0.3 is 15.7 Å². The molecule has 0 bridgehead atoms. The minimum absolute atomic E-state index is 0.00783. The third kappa shape index (κ3) is 2.53. The highest BCUT2D eigenvalue weighted by Crippen LogP contribution is 2.20. The fourth-order valence-corrected chi connectivity index (χ4v) is 1.24. The van der Waals surface area contributed by atoms with E-state index in [-0.39, 0.29) is 5.84 Å². The summed E-state index contributed by atoms with van der Waals surface area (Å²) in [5, 5.41) is 11.8. The van der Waals surface area contributed by atoms with E-state index in [9.17, 15) is 0 Å². The fourth-order valence-electron chi connectivity index (χ4n) is 1.02. The predicted molar refractivity (Wildman–Crippen MR) is 55.1 cm³/mol. The number of nitrogens with two attached hydrogens (primary N) is 1. The van der Waals surface area contributed by atoms with Gasteiger partial charge in [-0.15, -0.1) is 0 Å². The number of hydrogen-bond donors (Lipinski definition) is 2. The van der Waals surface area contributed by atoms with E-state index in [2.05, 4.69) is 5.16 Å². The highest BCUT2D eigenvalue weighted by molar-refractivity contribution is 6.31. The van der Waals surface area contributed by atoms with Gasteiger partial charge in [0.05, 0.1) is 6.61 Å². The topological polar surface area (TPSA) is 67.8 Å². The summed E-state index contributed by atoms with van der Waals surface area (Å²) in [5.74, 6) is 0.607. The zero-order valence-electron chi connectivity index (χ0n) is 7.70. The molecule has 0 aliphatic carbocycles. The van der Waals surface area contributed by atoms with Crippen molar-refractivity contribution in [3.63, 3.8) is 0 Å². The van der Waals surface area contributed by atoms with Crippen LogP contribution in [0.5, 0.6) is 5.75 Å². The lowest BCUT2D eigenvalue weighted by Gasteiger charge is -2.06. The van der Waals surface area contributed by atoms with E-state index in [1.807, 2.05) is 6.92 Å². The molecule has 0 aromatic heterocycles. The Morgan fingerprint density at radius 3 is 2.86 bits per heavy atom. The predicted octanol–water partition coefficient (Wildman–Crippen LogP) is 1.83. The lowest BCUT2D eigenvalue weighted by Crippen LogP contribution is -2.13. The average Bonchev–Trinajstić information content (AvgIpc) is 2.16. The summed E-state index contributed by atoms with van der Waals surface area (Å²) in [5.41, 5.74) is 5.94. The van der Waals surface area contributed by atoms with E-state index in [1.54, 1.807) is 18.2 Å². The standard InChI is InChI=1S/C9H11ClN2O2/c1-2-14-8-4-6(9(11)12-13)3-7(10)5-8/h3-5,13H,2H2,1H3,(H2,11,12). The summed E-state index contributed by atoms with van der Waals surface area (Å²) in [4.78, 5) is 0. The van der Waals surface area contributed by atoms with Crippen molar-refractivity contribution in [3.8, 4) is 5.75 Å². The smallest absolute Gasteiger partial charge is 0.170 e. The van der Waals surface area contributed by atoms with Crippen LogP contribution < -0.4 is 10.5 Å². The molecule has 1 aromatic carbocycles. The molecule has 5 heteroatoms. The summed E-state index contributed by atoms with van der Waals surface area (Å²) >= 11 is 5.81. The Bertz CT molecular complexity index is 353. The molecule has 0 fully saturated rings. The zero-order chi connectivity index (χ0) is 10.6. The molecule has 4 nitrogen and oxygen atoms in total. The number of ether oxygens (including phenoxy) is 1. The van der Waals surface area contributed by atoms with E-state index < -0.39 is 0 Å². The summed E-state index contributed by atoms with van der Waals surface area (Å²) in [6, 6.07) is 4.92. The molecule has 0 spiro atoms. The highest BCUT2D eigenvalue weighted by atomic mass is 35.5. The van der Waals surface area contributed by atoms with E-state index >= 15 is 0 Å². The molecule has 0 saturated carbocycles. The van der Waals surface area contributed by atoms with E-state index in [0.29, 0.717) is 22.9 Å². The van der Waals surface area contributed by atoms with Gasteiger partial charge in [-0.1, -0.05) is 16.8 Å². The second kappa shape index (κ2) is 4.72. The van der Waals surface area contributed by atoms with Crippen molar-refractivity contribution in [3.05, 3.63) is 28.8 Å². The van der Waals surface area contributed by atoms with Crippen molar-refractivity contribution < 1.29 is 9.94 Å².